The lowest BCUT2D eigenvalue weighted by molar-refractivity contribution is 0.168. The molecule has 3 aromatic rings. The number of benzene rings is 2. The summed E-state index contributed by atoms with van der Waals surface area (Å²) in [6.07, 6.45) is -0.270. The molecule has 3 nitrogen and oxygen atoms in total. The number of aromatic nitrogens is 1. The smallest absolute Gasteiger partial charge is 0.198 e. The summed E-state index contributed by atoms with van der Waals surface area (Å²) in [5, 5.41) is 10.4. The molecule has 0 amide bonds. The van der Waals surface area contributed by atoms with E-state index in [1.165, 1.54) is 0 Å². The molecule has 0 aliphatic heterocycles. The van der Waals surface area contributed by atoms with Crippen molar-refractivity contribution in [1.29, 1.82) is 0 Å². The van der Waals surface area contributed by atoms with Crippen LogP contribution in [0.4, 0.5) is 0 Å². The molecule has 0 radical (unpaired) electrons. The minimum Gasteiger partial charge on any atom is -0.441 e. The van der Waals surface area contributed by atoms with Gasteiger partial charge in [0.25, 0.3) is 0 Å². The first-order valence-electron chi connectivity index (χ1n) is 6.11. The molecule has 0 bridgehead atoms. The SMILES string of the molecule is OC(Cc1nc2ccccc2o1)c1cc(Br)ccc1I. The zero-order valence-electron chi connectivity index (χ0n) is 10.4. The van der Waals surface area contributed by atoms with Gasteiger partial charge in [-0.3, -0.25) is 0 Å². The molecule has 1 heterocycles. The molecule has 1 aromatic heterocycles. The minimum atomic E-state index is -0.632. The van der Waals surface area contributed by atoms with Crippen LogP contribution in [0.1, 0.15) is 17.6 Å². The quantitative estimate of drug-likeness (QED) is 0.607. The van der Waals surface area contributed by atoms with Crippen LogP contribution in [0.2, 0.25) is 0 Å². The molecule has 20 heavy (non-hydrogen) atoms. The molecule has 1 N–H and O–H groups in total. The molecule has 2 aromatic carbocycles. The Hall–Kier alpha value is -0.920. The van der Waals surface area contributed by atoms with E-state index in [2.05, 4.69) is 43.5 Å². The Kier molecular flexibility index (Phi) is 4.09. The topological polar surface area (TPSA) is 46.3 Å². The van der Waals surface area contributed by atoms with Crippen molar-refractivity contribution in [2.75, 3.05) is 0 Å². The number of oxazole rings is 1. The average Bonchev–Trinajstić information content (AvgIpc) is 2.83. The number of fused-ring (bicyclic) bond motifs is 1. The number of hydrogen-bond donors (Lipinski definition) is 1. The summed E-state index contributed by atoms with van der Waals surface area (Å²) >= 11 is 5.64. The van der Waals surface area contributed by atoms with Gasteiger partial charge in [0.05, 0.1) is 12.5 Å². The number of aliphatic hydroxyl groups excluding tert-OH is 1. The summed E-state index contributed by atoms with van der Waals surface area (Å²) in [6, 6.07) is 13.5. The van der Waals surface area contributed by atoms with Crippen molar-refractivity contribution < 1.29 is 9.52 Å². The minimum absolute atomic E-state index is 0.362. The maximum atomic E-state index is 10.4. The monoisotopic (exact) mass is 443 g/mol. The summed E-state index contributed by atoms with van der Waals surface area (Å²) in [7, 11) is 0. The van der Waals surface area contributed by atoms with Crippen LogP contribution in [0.3, 0.4) is 0 Å². The summed E-state index contributed by atoms with van der Waals surface area (Å²) in [4.78, 5) is 4.39. The maximum absolute atomic E-state index is 10.4. The fourth-order valence-electron chi connectivity index (χ4n) is 2.05. The van der Waals surface area contributed by atoms with E-state index in [9.17, 15) is 5.11 Å². The third-order valence-corrected chi connectivity index (χ3v) is 4.50. The molecule has 0 aliphatic carbocycles. The van der Waals surface area contributed by atoms with E-state index in [4.69, 9.17) is 4.42 Å². The Morgan fingerprint density at radius 2 is 2.05 bits per heavy atom. The van der Waals surface area contributed by atoms with Crippen molar-refractivity contribution in [3.63, 3.8) is 0 Å². The van der Waals surface area contributed by atoms with E-state index in [0.29, 0.717) is 12.3 Å². The van der Waals surface area contributed by atoms with Gasteiger partial charge >= 0.3 is 0 Å². The number of halogens is 2. The van der Waals surface area contributed by atoms with Crippen LogP contribution in [0.25, 0.3) is 11.1 Å². The normalized spacial score (nSPS) is 12.8. The third kappa shape index (κ3) is 2.89. The Bertz CT molecular complexity index is 723. The number of aliphatic hydroxyl groups is 1. The Balaban J connectivity index is 1.88. The molecule has 102 valence electrons. The highest BCUT2D eigenvalue weighted by atomic mass is 127. The molecule has 3 rings (SSSR count). The molecule has 0 saturated carbocycles. The number of hydrogen-bond acceptors (Lipinski definition) is 3. The second-order valence-electron chi connectivity index (χ2n) is 4.46. The van der Waals surface area contributed by atoms with Gasteiger partial charge in [-0.2, -0.15) is 0 Å². The highest BCUT2D eigenvalue weighted by Gasteiger charge is 2.16. The molecule has 0 spiro atoms. The molecular weight excluding hydrogens is 433 g/mol. The first kappa shape index (κ1) is 14.0. The van der Waals surface area contributed by atoms with E-state index < -0.39 is 6.10 Å². The van der Waals surface area contributed by atoms with Gasteiger partial charge in [-0.05, 0) is 58.5 Å². The van der Waals surface area contributed by atoms with Crippen LogP contribution in [0, 0.1) is 3.57 Å². The van der Waals surface area contributed by atoms with E-state index in [1.807, 2.05) is 42.5 Å². The summed E-state index contributed by atoms with van der Waals surface area (Å²) in [5.74, 6) is 0.550. The van der Waals surface area contributed by atoms with Gasteiger partial charge in [0.2, 0.25) is 0 Å². The number of rotatable bonds is 3. The highest BCUT2D eigenvalue weighted by molar-refractivity contribution is 14.1. The van der Waals surface area contributed by atoms with Crippen molar-refractivity contribution in [2.45, 2.75) is 12.5 Å². The van der Waals surface area contributed by atoms with E-state index in [-0.39, 0.29) is 0 Å². The summed E-state index contributed by atoms with van der Waals surface area (Å²) < 4.78 is 7.62. The first-order valence-corrected chi connectivity index (χ1v) is 7.98. The summed E-state index contributed by atoms with van der Waals surface area (Å²) in [6.45, 7) is 0. The lowest BCUT2D eigenvalue weighted by atomic mass is 10.1. The largest absolute Gasteiger partial charge is 0.441 e. The van der Waals surface area contributed by atoms with Crippen molar-refractivity contribution in [3.8, 4) is 0 Å². The number of para-hydroxylation sites is 2. The molecular formula is C15H11BrINO2. The zero-order chi connectivity index (χ0) is 14.1. The predicted octanol–water partition coefficient (Wildman–Crippen LogP) is 4.47. The Morgan fingerprint density at radius 3 is 2.85 bits per heavy atom. The standard InChI is InChI=1S/C15H11BrINO2/c16-9-5-6-11(17)10(7-9)13(19)8-15-18-12-3-1-2-4-14(12)20-15/h1-7,13,19H,8H2. The molecule has 0 saturated heterocycles. The van der Waals surface area contributed by atoms with Crippen molar-refractivity contribution in [1.82, 2.24) is 4.98 Å². The fraction of sp³-hybridized carbons (Fsp3) is 0.133. The first-order chi connectivity index (χ1) is 9.63. The molecule has 1 unspecified atom stereocenters. The van der Waals surface area contributed by atoms with Gasteiger partial charge < -0.3 is 9.52 Å². The van der Waals surface area contributed by atoms with E-state index in [1.54, 1.807) is 0 Å². The predicted molar refractivity (Wildman–Crippen MR) is 89.5 cm³/mol. The highest BCUT2D eigenvalue weighted by Crippen LogP contribution is 2.27. The van der Waals surface area contributed by atoms with Crippen molar-refractivity contribution in [2.24, 2.45) is 0 Å². The number of nitrogens with zero attached hydrogens (tertiary/aromatic N) is 1. The average molecular weight is 444 g/mol. The van der Waals surface area contributed by atoms with Gasteiger partial charge in [-0.1, -0.05) is 28.1 Å². The molecule has 0 aliphatic rings. The van der Waals surface area contributed by atoms with Gasteiger partial charge in [0.15, 0.2) is 11.5 Å². The van der Waals surface area contributed by atoms with Crippen LogP contribution < -0.4 is 0 Å². The fourth-order valence-corrected chi connectivity index (χ4v) is 3.13. The lowest BCUT2D eigenvalue weighted by Crippen LogP contribution is -2.04. The Labute approximate surface area is 138 Å². The van der Waals surface area contributed by atoms with Gasteiger partial charge in [-0.15, -0.1) is 0 Å². The molecule has 5 heteroatoms. The molecule has 1 atom stereocenters. The van der Waals surface area contributed by atoms with E-state index >= 15 is 0 Å². The van der Waals surface area contributed by atoms with Crippen LogP contribution in [0.15, 0.2) is 51.4 Å². The second kappa shape index (κ2) is 5.83. The van der Waals surface area contributed by atoms with Crippen molar-refractivity contribution >= 4 is 49.6 Å². The van der Waals surface area contributed by atoms with Gasteiger partial charge in [0.1, 0.15) is 5.52 Å². The zero-order valence-corrected chi connectivity index (χ0v) is 14.1. The van der Waals surface area contributed by atoms with Crippen LogP contribution in [-0.4, -0.2) is 10.1 Å². The van der Waals surface area contributed by atoms with Gasteiger partial charge in [0, 0.05) is 8.04 Å². The third-order valence-electron chi connectivity index (χ3n) is 3.02. The second-order valence-corrected chi connectivity index (χ2v) is 6.54. The lowest BCUT2D eigenvalue weighted by Gasteiger charge is -2.11. The maximum Gasteiger partial charge on any atom is 0.198 e. The van der Waals surface area contributed by atoms with Crippen LogP contribution >= 0.6 is 38.5 Å². The summed E-state index contributed by atoms with van der Waals surface area (Å²) in [5.41, 5.74) is 2.44. The Morgan fingerprint density at radius 1 is 1.25 bits per heavy atom. The van der Waals surface area contributed by atoms with Crippen LogP contribution in [-0.2, 0) is 6.42 Å². The van der Waals surface area contributed by atoms with E-state index in [0.717, 1.165) is 24.7 Å². The van der Waals surface area contributed by atoms with Crippen LogP contribution in [0.5, 0.6) is 0 Å². The van der Waals surface area contributed by atoms with Crippen molar-refractivity contribution in [3.05, 3.63) is 62.0 Å². The van der Waals surface area contributed by atoms with Gasteiger partial charge in [-0.25, -0.2) is 4.98 Å². The molecule has 0 fully saturated rings.